The highest BCUT2D eigenvalue weighted by Crippen LogP contribution is 2.16. The Morgan fingerprint density at radius 1 is 1.40 bits per heavy atom. The predicted molar refractivity (Wildman–Crippen MR) is 76.3 cm³/mol. The Balaban J connectivity index is 2.85. The van der Waals surface area contributed by atoms with E-state index < -0.39 is 17.3 Å². The summed E-state index contributed by atoms with van der Waals surface area (Å²) in [6, 6.07) is 0. The van der Waals surface area contributed by atoms with Crippen LogP contribution in [0.5, 0.6) is 0 Å². The molecule has 0 aliphatic rings. The van der Waals surface area contributed by atoms with Crippen molar-refractivity contribution in [3.8, 4) is 0 Å². The maximum Gasteiger partial charge on any atom is 0.410 e. The second kappa shape index (κ2) is 5.83. The number of amides is 1. The van der Waals surface area contributed by atoms with E-state index in [2.05, 4.69) is 10.2 Å². The van der Waals surface area contributed by atoms with Gasteiger partial charge in [0.05, 0.1) is 24.9 Å². The fourth-order valence-corrected chi connectivity index (χ4v) is 1.72. The first-order valence-corrected chi connectivity index (χ1v) is 6.67. The molecule has 0 aromatic carbocycles. The van der Waals surface area contributed by atoms with E-state index >= 15 is 0 Å². The number of rotatable bonds is 4. The Kier molecular flexibility index (Phi) is 4.81. The number of carbonyl (C=O) groups is 1. The molecule has 0 unspecified atom stereocenters. The minimum Gasteiger partial charge on any atom is -0.444 e. The van der Waals surface area contributed by atoms with Gasteiger partial charge in [-0.25, -0.2) is 4.79 Å². The van der Waals surface area contributed by atoms with Crippen molar-refractivity contribution in [3.63, 3.8) is 0 Å². The molecule has 1 rings (SSSR count). The van der Waals surface area contributed by atoms with Crippen LogP contribution in [0.2, 0.25) is 0 Å². The van der Waals surface area contributed by atoms with Crippen LogP contribution >= 0.6 is 0 Å². The number of carbonyl (C=O) groups excluding carboxylic acids is 1. The second-order valence-electron chi connectivity index (χ2n) is 6.67. The highest BCUT2D eigenvalue weighted by atomic mass is 16.6. The molecule has 1 aromatic rings. The van der Waals surface area contributed by atoms with E-state index in [1.54, 1.807) is 20.0 Å². The fraction of sp³-hybridized carbons (Fsp3) is 0.714. The number of ether oxygens (including phenoxy) is 1. The number of H-pyrrole nitrogens is 1. The zero-order chi connectivity index (χ0) is 15.6. The molecule has 0 saturated heterocycles. The third kappa shape index (κ3) is 5.61. The largest absolute Gasteiger partial charge is 0.444 e. The standard InChI is InChI=1S/C14H25N3O3/c1-10-11(7-15-16-10)8-17(9-14(5,6)19)12(18)20-13(2,3)4/h7,19H,8-9H2,1-6H3,(H,15,16). The molecule has 6 nitrogen and oxygen atoms in total. The summed E-state index contributed by atoms with van der Waals surface area (Å²) in [6.45, 7) is 11.2. The molecule has 2 N–H and O–H groups in total. The molecule has 0 radical (unpaired) electrons. The van der Waals surface area contributed by atoms with Crippen LogP contribution in [-0.2, 0) is 11.3 Å². The van der Waals surface area contributed by atoms with Crippen molar-refractivity contribution in [1.82, 2.24) is 15.1 Å². The van der Waals surface area contributed by atoms with Crippen LogP contribution in [0.4, 0.5) is 4.79 Å². The zero-order valence-corrected chi connectivity index (χ0v) is 13.1. The third-order valence-electron chi connectivity index (χ3n) is 2.53. The van der Waals surface area contributed by atoms with Gasteiger partial charge in [-0.15, -0.1) is 0 Å². The molecule has 0 fully saturated rings. The first-order valence-electron chi connectivity index (χ1n) is 6.67. The van der Waals surface area contributed by atoms with Crippen molar-refractivity contribution >= 4 is 6.09 Å². The van der Waals surface area contributed by atoms with E-state index in [1.165, 1.54) is 4.90 Å². The fourth-order valence-electron chi connectivity index (χ4n) is 1.72. The van der Waals surface area contributed by atoms with Crippen LogP contribution in [0.3, 0.4) is 0 Å². The summed E-state index contributed by atoms with van der Waals surface area (Å²) in [5.74, 6) is 0. The van der Waals surface area contributed by atoms with Crippen LogP contribution in [0.25, 0.3) is 0 Å². The lowest BCUT2D eigenvalue weighted by molar-refractivity contribution is -0.00551. The van der Waals surface area contributed by atoms with Crippen molar-refractivity contribution in [2.75, 3.05) is 6.54 Å². The van der Waals surface area contributed by atoms with Crippen LogP contribution < -0.4 is 0 Å². The Morgan fingerprint density at radius 3 is 2.40 bits per heavy atom. The molecule has 0 aliphatic heterocycles. The molecular weight excluding hydrogens is 258 g/mol. The minimum atomic E-state index is -0.992. The molecular formula is C14H25N3O3. The summed E-state index contributed by atoms with van der Waals surface area (Å²) >= 11 is 0. The molecule has 0 spiro atoms. The first kappa shape index (κ1) is 16.5. The molecule has 0 bridgehead atoms. The predicted octanol–water partition coefficient (Wildman–Crippen LogP) is 2.23. The van der Waals surface area contributed by atoms with Crippen LogP contribution in [0, 0.1) is 6.92 Å². The zero-order valence-electron chi connectivity index (χ0n) is 13.1. The van der Waals surface area contributed by atoms with Gasteiger partial charge in [0.1, 0.15) is 5.60 Å². The third-order valence-corrected chi connectivity index (χ3v) is 2.53. The average Bonchev–Trinajstić information content (AvgIpc) is 2.59. The van der Waals surface area contributed by atoms with Gasteiger partial charge >= 0.3 is 6.09 Å². The monoisotopic (exact) mass is 283 g/mol. The van der Waals surface area contributed by atoms with Gasteiger partial charge in [-0.1, -0.05) is 0 Å². The van der Waals surface area contributed by atoms with Gasteiger partial charge in [-0.05, 0) is 41.5 Å². The first-order chi connectivity index (χ1) is 8.98. The summed E-state index contributed by atoms with van der Waals surface area (Å²) in [4.78, 5) is 13.7. The number of nitrogens with zero attached hydrogens (tertiary/aromatic N) is 2. The molecule has 114 valence electrons. The van der Waals surface area contributed by atoms with Crippen molar-refractivity contribution in [2.45, 2.75) is 59.3 Å². The van der Waals surface area contributed by atoms with Gasteiger partial charge in [0.2, 0.25) is 0 Å². The van der Waals surface area contributed by atoms with E-state index in [-0.39, 0.29) is 6.54 Å². The normalized spacial score (nSPS) is 12.3. The van der Waals surface area contributed by atoms with Crippen molar-refractivity contribution < 1.29 is 14.6 Å². The summed E-state index contributed by atoms with van der Waals surface area (Å²) < 4.78 is 5.38. The van der Waals surface area contributed by atoms with Crippen molar-refractivity contribution in [3.05, 3.63) is 17.5 Å². The van der Waals surface area contributed by atoms with Crippen molar-refractivity contribution in [1.29, 1.82) is 0 Å². The van der Waals surface area contributed by atoms with E-state index in [1.807, 2.05) is 27.7 Å². The molecule has 0 saturated carbocycles. The SMILES string of the molecule is Cc1[nH]ncc1CN(CC(C)(C)O)C(=O)OC(C)(C)C. The summed E-state index contributed by atoms with van der Waals surface area (Å²) in [5.41, 5.74) is 0.240. The quantitative estimate of drug-likeness (QED) is 0.888. The van der Waals surface area contributed by atoms with Gasteiger partial charge in [0, 0.05) is 11.3 Å². The van der Waals surface area contributed by atoms with Crippen molar-refractivity contribution in [2.24, 2.45) is 0 Å². The Morgan fingerprint density at radius 2 is 2.00 bits per heavy atom. The molecule has 20 heavy (non-hydrogen) atoms. The van der Waals surface area contributed by atoms with E-state index in [9.17, 15) is 9.90 Å². The Bertz CT molecular complexity index is 455. The maximum absolute atomic E-state index is 12.2. The molecule has 1 heterocycles. The molecule has 0 atom stereocenters. The van der Waals surface area contributed by atoms with E-state index in [0.717, 1.165) is 11.3 Å². The number of hydrogen-bond donors (Lipinski definition) is 2. The number of nitrogens with one attached hydrogen (secondary N) is 1. The highest BCUT2D eigenvalue weighted by Gasteiger charge is 2.27. The molecule has 1 amide bonds. The van der Waals surface area contributed by atoms with Crippen LogP contribution in [0.1, 0.15) is 45.9 Å². The molecule has 6 heteroatoms. The lowest BCUT2D eigenvalue weighted by Crippen LogP contribution is -2.44. The highest BCUT2D eigenvalue weighted by molar-refractivity contribution is 5.68. The number of aryl methyl sites for hydroxylation is 1. The summed E-state index contributed by atoms with van der Waals surface area (Å²) in [7, 11) is 0. The van der Waals surface area contributed by atoms with E-state index in [0.29, 0.717) is 6.54 Å². The van der Waals surface area contributed by atoms with E-state index in [4.69, 9.17) is 4.74 Å². The Labute approximate surface area is 120 Å². The lowest BCUT2D eigenvalue weighted by Gasteiger charge is -2.31. The maximum atomic E-state index is 12.2. The van der Waals surface area contributed by atoms with Crippen LogP contribution in [0.15, 0.2) is 6.20 Å². The van der Waals surface area contributed by atoms with Gasteiger partial charge < -0.3 is 14.7 Å². The number of aromatic amines is 1. The lowest BCUT2D eigenvalue weighted by atomic mass is 10.1. The van der Waals surface area contributed by atoms with Gasteiger partial charge in [0.15, 0.2) is 0 Å². The summed E-state index contributed by atoms with van der Waals surface area (Å²) in [5, 5.41) is 16.7. The molecule has 0 aliphatic carbocycles. The smallest absolute Gasteiger partial charge is 0.410 e. The molecule has 1 aromatic heterocycles. The topological polar surface area (TPSA) is 78.5 Å². The Hall–Kier alpha value is -1.56. The average molecular weight is 283 g/mol. The summed E-state index contributed by atoms with van der Waals surface area (Å²) in [6.07, 6.45) is 1.23. The number of aromatic nitrogens is 2. The van der Waals surface area contributed by atoms with Gasteiger partial charge in [0.25, 0.3) is 0 Å². The minimum absolute atomic E-state index is 0.187. The second-order valence-corrected chi connectivity index (χ2v) is 6.67. The number of hydrogen-bond acceptors (Lipinski definition) is 4. The van der Waals surface area contributed by atoms with Crippen LogP contribution in [-0.4, -0.2) is 44.0 Å². The van der Waals surface area contributed by atoms with Gasteiger partial charge in [-0.3, -0.25) is 5.10 Å². The number of aliphatic hydroxyl groups is 1. The van der Waals surface area contributed by atoms with Gasteiger partial charge in [-0.2, -0.15) is 5.10 Å².